The lowest BCUT2D eigenvalue weighted by Crippen LogP contribution is -2.37. The molecule has 2 amide bonds. The van der Waals surface area contributed by atoms with Crippen molar-refractivity contribution in [3.63, 3.8) is 0 Å². The molecular formula is C24H22FN3O. The van der Waals surface area contributed by atoms with Gasteiger partial charge in [-0.3, -0.25) is 0 Å². The smallest absolute Gasteiger partial charge is 0.315 e. The number of aromatic amines is 1. The summed E-state index contributed by atoms with van der Waals surface area (Å²) in [4.78, 5) is 15.6. The number of benzene rings is 3. The predicted molar refractivity (Wildman–Crippen MR) is 113 cm³/mol. The predicted octanol–water partition coefficient (Wildman–Crippen LogP) is 4.94. The largest absolute Gasteiger partial charge is 0.361 e. The van der Waals surface area contributed by atoms with Gasteiger partial charge in [0.1, 0.15) is 5.82 Å². The Morgan fingerprint density at radius 1 is 0.897 bits per heavy atom. The summed E-state index contributed by atoms with van der Waals surface area (Å²) in [5.74, 6) is -0.380. The molecule has 0 fully saturated rings. The molecule has 0 aliphatic carbocycles. The van der Waals surface area contributed by atoms with Gasteiger partial charge in [0.25, 0.3) is 0 Å². The molecule has 4 rings (SSSR count). The van der Waals surface area contributed by atoms with Crippen LogP contribution in [-0.2, 0) is 6.54 Å². The zero-order valence-electron chi connectivity index (χ0n) is 15.9. The molecule has 0 unspecified atom stereocenters. The number of carbonyl (C=O) groups excluding carboxylic acids is 1. The van der Waals surface area contributed by atoms with Crippen LogP contribution in [0, 0.1) is 5.82 Å². The quantitative estimate of drug-likeness (QED) is 0.431. The third-order valence-electron chi connectivity index (χ3n) is 5.03. The fourth-order valence-electron chi connectivity index (χ4n) is 3.52. The van der Waals surface area contributed by atoms with Gasteiger partial charge in [-0.05, 0) is 34.9 Å². The van der Waals surface area contributed by atoms with Crippen molar-refractivity contribution < 1.29 is 9.18 Å². The van der Waals surface area contributed by atoms with E-state index in [1.807, 2.05) is 60.8 Å². The number of H-pyrrole nitrogens is 1. The molecule has 4 nitrogen and oxygen atoms in total. The van der Waals surface area contributed by atoms with E-state index in [9.17, 15) is 9.18 Å². The van der Waals surface area contributed by atoms with Gasteiger partial charge in [0.15, 0.2) is 0 Å². The van der Waals surface area contributed by atoms with Crippen LogP contribution in [0.25, 0.3) is 10.9 Å². The van der Waals surface area contributed by atoms with Gasteiger partial charge in [-0.25, -0.2) is 9.18 Å². The average Bonchev–Trinajstić information content (AvgIpc) is 3.18. The maximum Gasteiger partial charge on any atom is 0.315 e. The number of urea groups is 1. The van der Waals surface area contributed by atoms with Crippen LogP contribution in [0.2, 0.25) is 0 Å². The van der Waals surface area contributed by atoms with Crippen LogP contribution in [0.5, 0.6) is 0 Å². The summed E-state index contributed by atoms with van der Waals surface area (Å²) >= 11 is 0. The second-order valence-corrected chi connectivity index (χ2v) is 6.94. The Bertz CT molecular complexity index is 1090. The van der Waals surface area contributed by atoms with Crippen molar-refractivity contribution in [1.82, 2.24) is 15.6 Å². The van der Waals surface area contributed by atoms with E-state index in [-0.39, 0.29) is 17.8 Å². The lowest BCUT2D eigenvalue weighted by molar-refractivity contribution is 0.240. The van der Waals surface area contributed by atoms with Gasteiger partial charge in [0.05, 0.1) is 0 Å². The highest BCUT2D eigenvalue weighted by Gasteiger charge is 2.19. The molecule has 3 N–H and O–H groups in total. The summed E-state index contributed by atoms with van der Waals surface area (Å²) in [5, 5.41) is 6.93. The minimum atomic E-state index is -0.278. The molecule has 3 aromatic carbocycles. The number of hydrogen-bond donors (Lipinski definition) is 3. The lowest BCUT2D eigenvalue weighted by Gasteiger charge is -2.18. The molecule has 146 valence electrons. The van der Waals surface area contributed by atoms with Crippen molar-refractivity contribution in [2.45, 2.75) is 12.5 Å². The standard InChI is InChI=1S/C24H22FN3O/c25-19-12-10-18(11-13-19)21(22-16-26-23-9-5-4-8-20(22)23)15-28-24(29)27-14-17-6-2-1-3-7-17/h1-13,16,21,26H,14-15H2,(H2,27,28,29)/t21-/m0/s1. The summed E-state index contributed by atoms with van der Waals surface area (Å²) in [5.41, 5.74) is 4.08. The van der Waals surface area contributed by atoms with E-state index >= 15 is 0 Å². The van der Waals surface area contributed by atoms with Gasteiger partial charge in [-0.15, -0.1) is 0 Å². The number of para-hydroxylation sites is 1. The van der Waals surface area contributed by atoms with Gasteiger partial charge >= 0.3 is 6.03 Å². The second kappa shape index (κ2) is 8.61. The van der Waals surface area contributed by atoms with Crippen LogP contribution in [0.1, 0.15) is 22.6 Å². The monoisotopic (exact) mass is 387 g/mol. The summed E-state index contributed by atoms with van der Waals surface area (Å²) in [6, 6.07) is 24.0. The molecule has 1 aromatic heterocycles. The fraction of sp³-hybridized carbons (Fsp3) is 0.125. The van der Waals surface area contributed by atoms with Crippen LogP contribution in [0.3, 0.4) is 0 Å². The van der Waals surface area contributed by atoms with E-state index in [0.29, 0.717) is 13.1 Å². The normalized spacial score (nSPS) is 11.9. The molecule has 0 spiro atoms. The maximum absolute atomic E-state index is 13.4. The first-order valence-corrected chi connectivity index (χ1v) is 9.58. The van der Waals surface area contributed by atoms with Gasteiger partial charge in [0, 0.05) is 36.1 Å². The zero-order chi connectivity index (χ0) is 20.1. The van der Waals surface area contributed by atoms with Crippen molar-refractivity contribution in [1.29, 1.82) is 0 Å². The highest BCUT2D eigenvalue weighted by Crippen LogP contribution is 2.30. The summed E-state index contributed by atoms with van der Waals surface area (Å²) in [6.45, 7) is 0.856. The minimum absolute atomic E-state index is 0.103. The topological polar surface area (TPSA) is 56.9 Å². The number of aromatic nitrogens is 1. The van der Waals surface area contributed by atoms with Gasteiger partial charge in [-0.1, -0.05) is 60.7 Å². The van der Waals surface area contributed by atoms with Gasteiger partial charge in [0.2, 0.25) is 0 Å². The van der Waals surface area contributed by atoms with Crippen molar-refractivity contribution in [3.05, 3.63) is 108 Å². The molecule has 0 saturated heterocycles. The molecule has 29 heavy (non-hydrogen) atoms. The van der Waals surface area contributed by atoms with Crippen LogP contribution >= 0.6 is 0 Å². The Hall–Kier alpha value is -3.60. The Labute approximate surface area is 168 Å². The Morgan fingerprint density at radius 3 is 2.41 bits per heavy atom. The van der Waals surface area contributed by atoms with Crippen LogP contribution in [0.15, 0.2) is 85.1 Å². The Kier molecular flexibility index (Phi) is 5.56. The van der Waals surface area contributed by atoms with Gasteiger partial charge < -0.3 is 15.6 Å². The molecule has 5 heteroatoms. The van der Waals surface area contributed by atoms with Crippen molar-refractivity contribution in [2.24, 2.45) is 0 Å². The zero-order valence-corrected chi connectivity index (χ0v) is 15.9. The number of hydrogen-bond acceptors (Lipinski definition) is 1. The van der Waals surface area contributed by atoms with E-state index in [0.717, 1.165) is 27.6 Å². The molecule has 0 aliphatic heterocycles. The Balaban J connectivity index is 1.51. The molecule has 4 aromatic rings. The van der Waals surface area contributed by atoms with E-state index < -0.39 is 0 Å². The van der Waals surface area contributed by atoms with E-state index in [4.69, 9.17) is 0 Å². The number of carbonyl (C=O) groups is 1. The molecule has 0 aliphatic rings. The first-order chi connectivity index (χ1) is 14.2. The second-order valence-electron chi connectivity index (χ2n) is 6.94. The summed E-state index contributed by atoms with van der Waals surface area (Å²) in [7, 11) is 0. The van der Waals surface area contributed by atoms with Crippen molar-refractivity contribution in [2.75, 3.05) is 6.54 Å². The van der Waals surface area contributed by atoms with E-state index in [1.165, 1.54) is 12.1 Å². The average molecular weight is 387 g/mol. The van der Waals surface area contributed by atoms with Crippen molar-refractivity contribution >= 4 is 16.9 Å². The SMILES string of the molecule is O=C(NCc1ccccc1)NC[C@@H](c1ccc(F)cc1)c1c[nH]c2ccccc12. The molecule has 0 radical (unpaired) electrons. The van der Waals surface area contributed by atoms with E-state index in [1.54, 1.807) is 12.1 Å². The number of rotatable bonds is 6. The molecule has 1 atom stereocenters. The number of nitrogens with one attached hydrogen (secondary N) is 3. The number of amides is 2. The van der Waals surface area contributed by atoms with Crippen LogP contribution in [-0.4, -0.2) is 17.6 Å². The van der Waals surface area contributed by atoms with Crippen LogP contribution < -0.4 is 10.6 Å². The highest BCUT2D eigenvalue weighted by molar-refractivity contribution is 5.84. The van der Waals surface area contributed by atoms with Gasteiger partial charge in [-0.2, -0.15) is 0 Å². The third kappa shape index (κ3) is 4.46. The Morgan fingerprint density at radius 2 is 1.62 bits per heavy atom. The summed E-state index contributed by atoms with van der Waals surface area (Å²) < 4.78 is 13.4. The first kappa shape index (κ1) is 18.7. The summed E-state index contributed by atoms with van der Waals surface area (Å²) in [6.07, 6.45) is 1.96. The fourth-order valence-corrected chi connectivity index (χ4v) is 3.52. The molecule has 0 saturated carbocycles. The maximum atomic E-state index is 13.4. The van der Waals surface area contributed by atoms with Crippen LogP contribution in [0.4, 0.5) is 9.18 Å². The molecular weight excluding hydrogens is 365 g/mol. The lowest BCUT2D eigenvalue weighted by atomic mass is 9.91. The minimum Gasteiger partial charge on any atom is -0.361 e. The van der Waals surface area contributed by atoms with Crippen molar-refractivity contribution in [3.8, 4) is 0 Å². The first-order valence-electron chi connectivity index (χ1n) is 9.58. The third-order valence-corrected chi connectivity index (χ3v) is 5.03. The van der Waals surface area contributed by atoms with E-state index in [2.05, 4.69) is 15.6 Å². The molecule has 1 heterocycles. The number of halogens is 1. The molecule has 0 bridgehead atoms. The number of fused-ring (bicyclic) bond motifs is 1. The highest BCUT2D eigenvalue weighted by atomic mass is 19.1.